The van der Waals surface area contributed by atoms with Gasteiger partial charge < -0.3 is 0 Å². The second kappa shape index (κ2) is 10.1. The molecule has 0 aliphatic carbocycles. The van der Waals surface area contributed by atoms with Crippen LogP contribution in [0.3, 0.4) is 0 Å². The van der Waals surface area contributed by atoms with Crippen LogP contribution >= 0.6 is 0 Å². The largest absolute Gasteiger partial charge is 0.227 e. The Labute approximate surface area is 244 Å². The highest BCUT2D eigenvalue weighted by molar-refractivity contribution is 6.15. The van der Waals surface area contributed by atoms with Crippen molar-refractivity contribution in [3.05, 3.63) is 158 Å². The first-order chi connectivity index (χ1) is 20.8. The number of nitrogens with zero attached hydrogens (tertiary/aromatic N) is 2. The molecule has 196 valence electrons. The highest BCUT2D eigenvalue weighted by Crippen LogP contribution is 2.40. The molecule has 42 heavy (non-hydrogen) atoms. The van der Waals surface area contributed by atoms with E-state index < -0.39 is 0 Å². The molecule has 0 saturated heterocycles. The van der Waals surface area contributed by atoms with Gasteiger partial charge in [-0.05, 0) is 50.5 Å². The van der Waals surface area contributed by atoms with Crippen LogP contribution in [0.4, 0.5) is 0 Å². The molecule has 2 heteroatoms. The number of benzene rings is 7. The summed E-state index contributed by atoms with van der Waals surface area (Å²) in [6, 6.07) is 55.6. The van der Waals surface area contributed by atoms with Gasteiger partial charge in [0.1, 0.15) is 0 Å². The maximum Gasteiger partial charge on any atom is 0.160 e. The van der Waals surface area contributed by atoms with E-state index in [9.17, 15) is 0 Å². The minimum Gasteiger partial charge on any atom is -0.227 e. The minimum atomic E-state index is 0.728. The van der Waals surface area contributed by atoms with Gasteiger partial charge in [0.05, 0.1) is 11.2 Å². The first kappa shape index (κ1) is 24.2. The maximum atomic E-state index is 5.27. The van der Waals surface area contributed by atoms with E-state index in [1.54, 1.807) is 0 Å². The smallest absolute Gasteiger partial charge is 0.160 e. The fraction of sp³-hybridized carbons (Fsp3) is 0. The van der Waals surface area contributed by atoms with Crippen molar-refractivity contribution in [1.29, 1.82) is 0 Å². The van der Waals surface area contributed by atoms with Crippen LogP contribution in [0.2, 0.25) is 0 Å². The summed E-state index contributed by atoms with van der Waals surface area (Å²) in [5.74, 6) is 0.728. The lowest BCUT2D eigenvalue weighted by Gasteiger charge is -2.15. The topological polar surface area (TPSA) is 25.8 Å². The molecule has 0 bridgehead atoms. The maximum absolute atomic E-state index is 5.27. The van der Waals surface area contributed by atoms with Gasteiger partial charge in [-0.3, -0.25) is 0 Å². The first-order valence-corrected chi connectivity index (χ1v) is 14.3. The second-order valence-corrected chi connectivity index (χ2v) is 10.6. The fourth-order valence-electron chi connectivity index (χ4n) is 6.06. The van der Waals surface area contributed by atoms with E-state index in [0.717, 1.165) is 38.9 Å². The molecular formula is C40H26N2. The third-order valence-electron chi connectivity index (χ3n) is 8.06. The lowest BCUT2D eigenvalue weighted by Crippen LogP contribution is -1.97. The van der Waals surface area contributed by atoms with Crippen LogP contribution in [0, 0.1) is 0 Å². The Bertz CT molecular complexity index is 2230. The van der Waals surface area contributed by atoms with Gasteiger partial charge in [-0.15, -0.1) is 0 Å². The molecule has 7 aromatic carbocycles. The Morgan fingerprint density at radius 1 is 0.333 bits per heavy atom. The van der Waals surface area contributed by atoms with Crippen molar-refractivity contribution in [3.63, 3.8) is 0 Å². The van der Waals surface area contributed by atoms with Gasteiger partial charge in [0.25, 0.3) is 0 Å². The second-order valence-electron chi connectivity index (χ2n) is 10.6. The molecule has 0 saturated carbocycles. The standard InChI is InChI=1S/C40H26N2/c1-3-13-28(14-4-1)36-26-37-38(31-20-11-19-30(25-31)33-24-12-18-27-15-7-8-21-32(27)33)41-40(29-16-5-2-6-17-29)42-39(37)35-23-10-9-22-34(35)36/h1-26H. The zero-order valence-electron chi connectivity index (χ0n) is 22.9. The Morgan fingerprint density at radius 2 is 0.929 bits per heavy atom. The summed E-state index contributed by atoms with van der Waals surface area (Å²) in [5.41, 5.74) is 8.71. The van der Waals surface area contributed by atoms with Crippen LogP contribution in [-0.2, 0) is 0 Å². The average Bonchev–Trinajstić information content (AvgIpc) is 3.08. The van der Waals surface area contributed by atoms with E-state index in [-0.39, 0.29) is 0 Å². The van der Waals surface area contributed by atoms with Crippen molar-refractivity contribution in [2.75, 3.05) is 0 Å². The number of rotatable bonds is 4. The van der Waals surface area contributed by atoms with E-state index in [0.29, 0.717) is 0 Å². The molecule has 0 aliphatic heterocycles. The molecule has 0 aliphatic rings. The molecule has 8 rings (SSSR count). The summed E-state index contributed by atoms with van der Waals surface area (Å²) < 4.78 is 0. The van der Waals surface area contributed by atoms with E-state index in [4.69, 9.17) is 9.97 Å². The van der Waals surface area contributed by atoms with Crippen molar-refractivity contribution in [3.8, 4) is 44.9 Å². The summed E-state index contributed by atoms with van der Waals surface area (Å²) in [6.45, 7) is 0. The monoisotopic (exact) mass is 534 g/mol. The third-order valence-corrected chi connectivity index (χ3v) is 8.06. The zero-order chi connectivity index (χ0) is 27.9. The number of hydrogen-bond acceptors (Lipinski definition) is 2. The zero-order valence-corrected chi connectivity index (χ0v) is 22.9. The molecule has 0 fully saturated rings. The Balaban J connectivity index is 1.44. The summed E-state index contributed by atoms with van der Waals surface area (Å²) in [6.07, 6.45) is 0. The molecule has 1 heterocycles. The lowest BCUT2D eigenvalue weighted by molar-refractivity contribution is 1.23. The molecule has 0 atom stereocenters. The van der Waals surface area contributed by atoms with Crippen LogP contribution in [0.15, 0.2) is 158 Å². The van der Waals surface area contributed by atoms with Gasteiger partial charge in [0, 0.05) is 21.9 Å². The molecule has 0 spiro atoms. The van der Waals surface area contributed by atoms with Crippen LogP contribution in [-0.4, -0.2) is 9.97 Å². The van der Waals surface area contributed by atoms with Crippen LogP contribution in [0.25, 0.3) is 77.3 Å². The SMILES string of the molecule is c1ccc(-c2nc(-c3cccc(-c4cccc5ccccc45)c3)c3cc(-c4ccccc4)c4ccccc4c3n2)cc1. The van der Waals surface area contributed by atoms with Gasteiger partial charge in [-0.2, -0.15) is 0 Å². The number of aromatic nitrogens is 2. The van der Waals surface area contributed by atoms with E-state index in [2.05, 4.69) is 140 Å². The number of hydrogen-bond donors (Lipinski definition) is 0. The Hall–Kier alpha value is -5.60. The molecule has 0 unspecified atom stereocenters. The van der Waals surface area contributed by atoms with E-state index >= 15 is 0 Å². The van der Waals surface area contributed by atoms with Gasteiger partial charge in [-0.25, -0.2) is 9.97 Å². The molecule has 1 aromatic heterocycles. The van der Waals surface area contributed by atoms with Crippen LogP contribution in [0.1, 0.15) is 0 Å². The first-order valence-electron chi connectivity index (χ1n) is 14.3. The molecular weight excluding hydrogens is 508 g/mol. The van der Waals surface area contributed by atoms with Crippen molar-refractivity contribution >= 4 is 32.4 Å². The summed E-state index contributed by atoms with van der Waals surface area (Å²) >= 11 is 0. The Morgan fingerprint density at radius 3 is 1.74 bits per heavy atom. The lowest BCUT2D eigenvalue weighted by atomic mass is 9.92. The fourth-order valence-corrected chi connectivity index (χ4v) is 6.06. The molecule has 0 amide bonds. The van der Waals surface area contributed by atoms with E-state index in [1.807, 2.05) is 18.2 Å². The van der Waals surface area contributed by atoms with Crippen molar-refractivity contribution < 1.29 is 0 Å². The van der Waals surface area contributed by atoms with Gasteiger partial charge in [0.15, 0.2) is 5.82 Å². The predicted molar refractivity (Wildman–Crippen MR) is 176 cm³/mol. The van der Waals surface area contributed by atoms with Gasteiger partial charge in [0.2, 0.25) is 0 Å². The number of fused-ring (bicyclic) bond motifs is 4. The summed E-state index contributed by atoms with van der Waals surface area (Å²) in [7, 11) is 0. The van der Waals surface area contributed by atoms with Crippen LogP contribution < -0.4 is 0 Å². The van der Waals surface area contributed by atoms with Crippen molar-refractivity contribution in [1.82, 2.24) is 9.97 Å². The molecule has 8 aromatic rings. The van der Waals surface area contributed by atoms with Gasteiger partial charge in [-0.1, -0.05) is 146 Å². The molecule has 0 radical (unpaired) electrons. The predicted octanol–water partition coefficient (Wildman–Crippen LogP) is 10.6. The highest BCUT2D eigenvalue weighted by Gasteiger charge is 2.17. The summed E-state index contributed by atoms with van der Waals surface area (Å²) in [5, 5.41) is 5.83. The highest BCUT2D eigenvalue weighted by atomic mass is 14.9. The Kier molecular flexibility index (Phi) is 5.82. The van der Waals surface area contributed by atoms with Crippen LogP contribution in [0.5, 0.6) is 0 Å². The van der Waals surface area contributed by atoms with E-state index in [1.165, 1.54) is 38.4 Å². The third kappa shape index (κ3) is 4.13. The van der Waals surface area contributed by atoms with Crippen molar-refractivity contribution in [2.45, 2.75) is 0 Å². The minimum absolute atomic E-state index is 0.728. The van der Waals surface area contributed by atoms with Crippen molar-refractivity contribution in [2.24, 2.45) is 0 Å². The molecule has 2 nitrogen and oxygen atoms in total. The van der Waals surface area contributed by atoms with Gasteiger partial charge >= 0.3 is 0 Å². The quantitative estimate of drug-likeness (QED) is 0.210. The normalized spacial score (nSPS) is 11.3. The average molecular weight is 535 g/mol. The molecule has 0 N–H and O–H groups in total. The summed E-state index contributed by atoms with van der Waals surface area (Å²) in [4.78, 5) is 10.5.